The first-order valence-corrected chi connectivity index (χ1v) is 7.41. The minimum Gasteiger partial charge on any atom is -0.348 e. The molecule has 2 unspecified atom stereocenters. The number of rotatable bonds is 3. The van der Waals surface area contributed by atoms with Gasteiger partial charge in [0, 0.05) is 23.7 Å². The predicted molar refractivity (Wildman–Crippen MR) is 79.3 cm³/mol. The van der Waals surface area contributed by atoms with E-state index in [1.807, 2.05) is 27.7 Å². The Hall–Kier alpha value is -1.85. The Morgan fingerprint density at radius 2 is 2.19 bits per heavy atom. The number of amides is 2. The van der Waals surface area contributed by atoms with Crippen molar-refractivity contribution in [3.05, 3.63) is 18.0 Å². The van der Waals surface area contributed by atoms with Gasteiger partial charge in [-0.05, 0) is 19.8 Å². The van der Waals surface area contributed by atoms with Gasteiger partial charge in [-0.2, -0.15) is 5.10 Å². The zero-order valence-corrected chi connectivity index (χ0v) is 13.1. The fraction of sp³-hybridized carbons (Fsp3) is 0.667. The molecule has 6 heteroatoms. The van der Waals surface area contributed by atoms with Gasteiger partial charge in [0.05, 0.1) is 12.2 Å². The fourth-order valence-electron chi connectivity index (χ4n) is 2.60. The molecule has 6 nitrogen and oxygen atoms in total. The molecule has 0 aliphatic carbocycles. The summed E-state index contributed by atoms with van der Waals surface area (Å²) in [5.41, 5.74) is 0.467. The third kappa shape index (κ3) is 3.43. The normalized spacial score (nSPS) is 20.4. The predicted octanol–water partition coefficient (Wildman–Crippen LogP) is 1.62. The lowest BCUT2D eigenvalue weighted by Gasteiger charge is -2.30. The van der Waals surface area contributed by atoms with Gasteiger partial charge in [-0.15, -0.1) is 0 Å². The molecule has 1 aliphatic rings. The summed E-state index contributed by atoms with van der Waals surface area (Å²) in [6.07, 6.45) is 5.06. The van der Waals surface area contributed by atoms with Gasteiger partial charge in [0.15, 0.2) is 0 Å². The van der Waals surface area contributed by atoms with Crippen LogP contribution in [-0.4, -0.2) is 39.5 Å². The average Bonchev–Trinajstić information content (AvgIpc) is 3.07. The van der Waals surface area contributed by atoms with E-state index >= 15 is 0 Å². The number of nitrogens with zero attached hydrogens (tertiary/aromatic N) is 2. The summed E-state index contributed by atoms with van der Waals surface area (Å²) >= 11 is 0. The number of aromatic amines is 1. The highest BCUT2D eigenvalue weighted by atomic mass is 16.2. The lowest BCUT2D eigenvalue weighted by atomic mass is 9.94. The largest absolute Gasteiger partial charge is 0.348 e. The van der Waals surface area contributed by atoms with E-state index in [1.165, 1.54) is 0 Å². The van der Waals surface area contributed by atoms with Gasteiger partial charge < -0.3 is 10.2 Å². The van der Waals surface area contributed by atoms with Crippen molar-refractivity contribution in [1.29, 1.82) is 0 Å². The summed E-state index contributed by atoms with van der Waals surface area (Å²) in [6.45, 7) is 8.23. The third-order valence-electron chi connectivity index (χ3n) is 3.84. The van der Waals surface area contributed by atoms with Crippen LogP contribution in [0.3, 0.4) is 0 Å². The van der Waals surface area contributed by atoms with Gasteiger partial charge in [-0.3, -0.25) is 14.7 Å². The van der Waals surface area contributed by atoms with E-state index in [0.717, 1.165) is 18.4 Å². The highest BCUT2D eigenvalue weighted by Gasteiger charge is 2.38. The number of carbonyl (C=O) groups excluding carboxylic acids is 2. The monoisotopic (exact) mass is 292 g/mol. The summed E-state index contributed by atoms with van der Waals surface area (Å²) in [4.78, 5) is 26.6. The van der Waals surface area contributed by atoms with Crippen molar-refractivity contribution in [1.82, 2.24) is 20.4 Å². The molecule has 2 heterocycles. The Bertz CT molecular complexity index is 504. The summed E-state index contributed by atoms with van der Waals surface area (Å²) < 4.78 is 0. The molecule has 116 valence electrons. The number of nitrogens with one attached hydrogen (secondary N) is 2. The van der Waals surface area contributed by atoms with Crippen LogP contribution in [0.5, 0.6) is 0 Å². The van der Waals surface area contributed by atoms with Crippen LogP contribution >= 0.6 is 0 Å². The van der Waals surface area contributed by atoms with Crippen molar-refractivity contribution in [2.45, 2.75) is 52.6 Å². The first-order chi connectivity index (χ1) is 9.80. The number of aromatic nitrogens is 2. The van der Waals surface area contributed by atoms with E-state index in [2.05, 4.69) is 15.5 Å². The van der Waals surface area contributed by atoms with Gasteiger partial charge in [-0.25, -0.2) is 0 Å². The molecular formula is C15H24N4O2. The molecule has 1 fully saturated rings. The number of H-pyrrole nitrogens is 1. The van der Waals surface area contributed by atoms with E-state index in [-0.39, 0.29) is 23.9 Å². The molecule has 0 radical (unpaired) electrons. The second kappa shape index (κ2) is 5.87. The molecule has 1 aromatic heterocycles. The molecule has 21 heavy (non-hydrogen) atoms. The molecule has 0 saturated carbocycles. The molecule has 1 aliphatic heterocycles. The van der Waals surface area contributed by atoms with Crippen LogP contribution in [0.1, 0.15) is 52.1 Å². The molecule has 0 bridgehead atoms. The van der Waals surface area contributed by atoms with E-state index in [4.69, 9.17) is 0 Å². The summed E-state index contributed by atoms with van der Waals surface area (Å²) in [6, 6.07) is -0.477. The molecule has 0 aromatic carbocycles. The Kier molecular flexibility index (Phi) is 4.34. The van der Waals surface area contributed by atoms with Gasteiger partial charge in [0.25, 0.3) is 0 Å². The average molecular weight is 292 g/mol. The second-order valence-corrected chi connectivity index (χ2v) is 6.67. The Balaban J connectivity index is 2.03. The van der Waals surface area contributed by atoms with Crippen LogP contribution in [-0.2, 0) is 9.59 Å². The van der Waals surface area contributed by atoms with Crippen LogP contribution in [0, 0.1) is 5.41 Å². The first kappa shape index (κ1) is 15.5. The van der Waals surface area contributed by atoms with Gasteiger partial charge >= 0.3 is 0 Å². The molecule has 1 aromatic rings. The summed E-state index contributed by atoms with van der Waals surface area (Å²) in [7, 11) is 0. The van der Waals surface area contributed by atoms with Crippen molar-refractivity contribution in [2.24, 2.45) is 5.41 Å². The number of likely N-dealkylation sites (tertiary alicyclic amines) is 1. The molecule has 0 spiro atoms. The molecular weight excluding hydrogens is 268 g/mol. The van der Waals surface area contributed by atoms with E-state index in [9.17, 15) is 9.59 Å². The van der Waals surface area contributed by atoms with Crippen LogP contribution in [0.25, 0.3) is 0 Å². The zero-order chi connectivity index (χ0) is 15.6. The van der Waals surface area contributed by atoms with Crippen molar-refractivity contribution >= 4 is 11.8 Å². The Morgan fingerprint density at radius 1 is 1.48 bits per heavy atom. The maximum Gasteiger partial charge on any atom is 0.243 e. The standard InChI is InChI=1S/C15H24N4O2/c1-10(11-8-16-17-9-11)18-13(20)12-6-5-7-19(12)14(21)15(2,3)4/h8-10,12H,5-7H2,1-4H3,(H,16,17)(H,18,20). The van der Waals surface area contributed by atoms with Crippen molar-refractivity contribution in [3.63, 3.8) is 0 Å². The number of hydrogen-bond donors (Lipinski definition) is 2. The van der Waals surface area contributed by atoms with E-state index < -0.39 is 5.41 Å². The van der Waals surface area contributed by atoms with E-state index in [0.29, 0.717) is 6.54 Å². The molecule has 2 rings (SSSR count). The maximum absolute atomic E-state index is 12.5. The number of hydrogen-bond acceptors (Lipinski definition) is 3. The molecule has 2 N–H and O–H groups in total. The highest BCUT2D eigenvalue weighted by molar-refractivity contribution is 5.90. The first-order valence-electron chi connectivity index (χ1n) is 7.41. The lowest BCUT2D eigenvalue weighted by Crippen LogP contribution is -2.49. The van der Waals surface area contributed by atoms with Gasteiger partial charge in [-0.1, -0.05) is 20.8 Å². The van der Waals surface area contributed by atoms with Crippen LogP contribution in [0.2, 0.25) is 0 Å². The minimum atomic E-state index is -0.459. The topological polar surface area (TPSA) is 78.1 Å². The third-order valence-corrected chi connectivity index (χ3v) is 3.84. The minimum absolute atomic E-state index is 0.0381. The van der Waals surface area contributed by atoms with Crippen molar-refractivity contribution in [2.75, 3.05) is 6.54 Å². The maximum atomic E-state index is 12.5. The molecule has 2 amide bonds. The van der Waals surface area contributed by atoms with E-state index in [1.54, 1.807) is 17.3 Å². The molecule has 1 saturated heterocycles. The zero-order valence-electron chi connectivity index (χ0n) is 13.1. The molecule has 2 atom stereocenters. The van der Waals surface area contributed by atoms with Crippen LogP contribution < -0.4 is 5.32 Å². The van der Waals surface area contributed by atoms with Gasteiger partial charge in [0.2, 0.25) is 11.8 Å². The summed E-state index contributed by atoms with van der Waals surface area (Å²) in [5, 5.41) is 9.58. The second-order valence-electron chi connectivity index (χ2n) is 6.67. The number of carbonyl (C=O) groups is 2. The van der Waals surface area contributed by atoms with Crippen LogP contribution in [0.4, 0.5) is 0 Å². The Labute approximate surface area is 125 Å². The van der Waals surface area contributed by atoms with Crippen molar-refractivity contribution in [3.8, 4) is 0 Å². The quantitative estimate of drug-likeness (QED) is 0.888. The van der Waals surface area contributed by atoms with Crippen LogP contribution in [0.15, 0.2) is 12.4 Å². The Morgan fingerprint density at radius 3 is 2.76 bits per heavy atom. The summed E-state index contributed by atoms with van der Waals surface area (Å²) in [5.74, 6) is -0.0464. The fourth-order valence-corrected chi connectivity index (χ4v) is 2.60. The highest BCUT2D eigenvalue weighted by Crippen LogP contribution is 2.26. The SMILES string of the molecule is CC(NC(=O)C1CCCN1C(=O)C(C)(C)C)c1cn[nH]c1. The van der Waals surface area contributed by atoms with Gasteiger partial charge in [0.1, 0.15) is 6.04 Å². The lowest BCUT2D eigenvalue weighted by molar-refractivity contribution is -0.144. The smallest absolute Gasteiger partial charge is 0.243 e. The van der Waals surface area contributed by atoms with Crippen molar-refractivity contribution < 1.29 is 9.59 Å².